The molecule has 0 heterocycles. The Hall–Kier alpha value is -0.980. The average Bonchev–Trinajstić information content (AvgIpc) is 2.15. The summed E-state index contributed by atoms with van der Waals surface area (Å²) in [5.41, 5.74) is 4.91. The monoisotopic (exact) mass is 233 g/mol. The molecular weight excluding hydrogens is 221 g/mol. The third-order valence-electron chi connectivity index (χ3n) is 1.97. The van der Waals surface area contributed by atoms with Gasteiger partial charge in [0, 0.05) is 18.4 Å². The van der Waals surface area contributed by atoms with E-state index in [9.17, 15) is 17.9 Å². The SMILES string of the molecule is CS(=O)(=O)c1cccc(F)c1C(O)CN. The lowest BCUT2D eigenvalue weighted by atomic mass is 10.1. The molecule has 0 amide bonds. The van der Waals surface area contributed by atoms with Crippen LogP contribution in [0.1, 0.15) is 11.7 Å². The zero-order valence-corrected chi connectivity index (χ0v) is 8.96. The van der Waals surface area contributed by atoms with Gasteiger partial charge in [0.15, 0.2) is 9.84 Å². The number of hydrogen-bond acceptors (Lipinski definition) is 4. The molecule has 0 saturated heterocycles. The number of hydrogen-bond donors (Lipinski definition) is 2. The van der Waals surface area contributed by atoms with Crippen molar-refractivity contribution in [2.45, 2.75) is 11.0 Å². The highest BCUT2D eigenvalue weighted by molar-refractivity contribution is 7.90. The molecule has 0 saturated carbocycles. The number of aliphatic hydroxyl groups is 1. The van der Waals surface area contributed by atoms with Crippen LogP contribution in [0, 0.1) is 5.82 Å². The molecule has 0 aliphatic carbocycles. The van der Waals surface area contributed by atoms with Crippen LogP contribution in [0.25, 0.3) is 0 Å². The fourth-order valence-electron chi connectivity index (χ4n) is 1.28. The fourth-order valence-corrected chi connectivity index (χ4v) is 2.24. The number of rotatable bonds is 3. The Labute approximate surface area is 87.5 Å². The summed E-state index contributed by atoms with van der Waals surface area (Å²) >= 11 is 0. The Morgan fingerprint density at radius 2 is 2.13 bits per heavy atom. The smallest absolute Gasteiger partial charge is 0.175 e. The Kier molecular flexibility index (Phi) is 3.43. The molecule has 1 rings (SSSR count). The molecule has 0 bridgehead atoms. The summed E-state index contributed by atoms with van der Waals surface area (Å²) in [6, 6.07) is 3.61. The van der Waals surface area contributed by atoms with Crippen LogP contribution in [-0.2, 0) is 9.84 Å². The molecule has 0 aliphatic heterocycles. The van der Waals surface area contributed by atoms with Crippen LogP contribution in [0.3, 0.4) is 0 Å². The molecule has 84 valence electrons. The molecule has 0 spiro atoms. The van der Waals surface area contributed by atoms with E-state index in [0.717, 1.165) is 12.3 Å². The van der Waals surface area contributed by atoms with Crippen molar-refractivity contribution in [2.24, 2.45) is 5.73 Å². The highest BCUT2D eigenvalue weighted by atomic mass is 32.2. The van der Waals surface area contributed by atoms with E-state index in [1.165, 1.54) is 12.1 Å². The summed E-state index contributed by atoms with van der Waals surface area (Å²) < 4.78 is 36.0. The normalized spacial score (nSPS) is 13.9. The number of halogens is 1. The summed E-state index contributed by atoms with van der Waals surface area (Å²) in [7, 11) is -3.57. The van der Waals surface area contributed by atoms with Crippen LogP contribution in [0.15, 0.2) is 23.1 Å². The van der Waals surface area contributed by atoms with Crippen molar-refractivity contribution in [1.29, 1.82) is 0 Å². The van der Waals surface area contributed by atoms with E-state index in [1.807, 2.05) is 0 Å². The molecule has 0 aliphatic rings. The van der Waals surface area contributed by atoms with Gasteiger partial charge in [-0.3, -0.25) is 0 Å². The third-order valence-corrected chi connectivity index (χ3v) is 3.12. The molecular formula is C9H12FNO3S. The van der Waals surface area contributed by atoms with Crippen LogP contribution in [0.4, 0.5) is 4.39 Å². The molecule has 6 heteroatoms. The molecule has 1 atom stereocenters. The summed E-state index contributed by atoms with van der Waals surface area (Å²) in [6.45, 7) is -0.233. The first-order valence-electron chi connectivity index (χ1n) is 4.24. The molecule has 1 aromatic rings. The Bertz CT molecular complexity index is 458. The predicted molar refractivity (Wildman–Crippen MR) is 53.5 cm³/mol. The number of nitrogens with two attached hydrogens (primary N) is 1. The van der Waals surface area contributed by atoms with Crippen molar-refractivity contribution < 1.29 is 17.9 Å². The van der Waals surface area contributed by atoms with Gasteiger partial charge >= 0.3 is 0 Å². The van der Waals surface area contributed by atoms with Gasteiger partial charge in [-0.05, 0) is 12.1 Å². The van der Waals surface area contributed by atoms with Crippen LogP contribution in [-0.4, -0.2) is 26.3 Å². The zero-order valence-electron chi connectivity index (χ0n) is 8.14. The molecule has 0 aromatic heterocycles. The highest BCUT2D eigenvalue weighted by Crippen LogP contribution is 2.24. The molecule has 0 fully saturated rings. The van der Waals surface area contributed by atoms with E-state index in [-0.39, 0.29) is 17.0 Å². The van der Waals surface area contributed by atoms with E-state index in [2.05, 4.69) is 0 Å². The van der Waals surface area contributed by atoms with Crippen molar-refractivity contribution in [2.75, 3.05) is 12.8 Å². The van der Waals surface area contributed by atoms with Gasteiger partial charge in [0.1, 0.15) is 5.82 Å². The molecule has 0 radical (unpaired) electrons. The maximum Gasteiger partial charge on any atom is 0.175 e. The van der Waals surface area contributed by atoms with Gasteiger partial charge in [-0.15, -0.1) is 0 Å². The molecule has 15 heavy (non-hydrogen) atoms. The molecule has 3 N–H and O–H groups in total. The first-order valence-corrected chi connectivity index (χ1v) is 6.13. The Morgan fingerprint density at radius 1 is 1.53 bits per heavy atom. The minimum Gasteiger partial charge on any atom is -0.387 e. The van der Waals surface area contributed by atoms with Gasteiger partial charge in [0.25, 0.3) is 0 Å². The lowest BCUT2D eigenvalue weighted by Crippen LogP contribution is -2.16. The van der Waals surface area contributed by atoms with E-state index in [0.29, 0.717) is 0 Å². The van der Waals surface area contributed by atoms with Crippen LogP contribution < -0.4 is 5.73 Å². The van der Waals surface area contributed by atoms with Gasteiger partial charge in [0.05, 0.1) is 11.0 Å². The van der Waals surface area contributed by atoms with E-state index < -0.39 is 21.8 Å². The van der Waals surface area contributed by atoms with E-state index in [1.54, 1.807) is 0 Å². The minimum atomic E-state index is -3.57. The lowest BCUT2D eigenvalue weighted by Gasteiger charge is -2.13. The first-order chi connectivity index (χ1) is 6.88. The number of aliphatic hydroxyl groups excluding tert-OH is 1. The van der Waals surface area contributed by atoms with E-state index >= 15 is 0 Å². The van der Waals surface area contributed by atoms with Crippen LogP contribution >= 0.6 is 0 Å². The van der Waals surface area contributed by atoms with Gasteiger partial charge in [0.2, 0.25) is 0 Å². The second-order valence-electron chi connectivity index (χ2n) is 3.18. The third kappa shape index (κ3) is 2.53. The number of sulfone groups is 1. The quantitative estimate of drug-likeness (QED) is 0.782. The Balaban J connectivity index is 3.47. The Morgan fingerprint density at radius 3 is 2.60 bits per heavy atom. The second-order valence-corrected chi connectivity index (χ2v) is 5.16. The fraction of sp³-hybridized carbons (Fsp3) is 0.333. The predicted octanol–water partition coefficient (Wildman–Crippen LogP) is 0.221. The van der Waals surface area contributed by atoms with Crippen molar-refractivity contribution in [1.82, 2.24) is 0 Å². The maximum atomic E-state index is 13.3. The summed E-state index contributed by atoms with van der Waals surface area (Å²) in [4.78, 5) is -0.222. The van der Waals surface area contributed by atoms with Crippen molar-refractivity contribution >= 4 is 9.84 Å². The van der Waals surface area contributed by atoms with Gasteiger partial charge in [-0.1, -0.05) is 6.07 Å². The van der Waals surface area contributed by atoms with E-state index in [4.69, 9.17) is 5.73 Å². The van der Waals surface area contributed by atoms with Gasteiger partial charge in [-0.25, -0.2) is 12.8 Å². The summed E-state index contributed by atoms with van der Waals surface area (Å²) in [6.07, 6.45) is -0.356. The van der Waals surface area contributed by atoms with Crippen molar-refractivity contribution in [3.05, 3.63) is 29.6 Å². The zero-order chi connectivity index (χ0) is 11.6. The minimum absolute atomic E-state index is 0.222. The molecule has 1 aromatic carbocycles. The van der Waals surface area contributed by atoms with Crippen LogP contribution in [0.2, 0.25) is 0 Å². The van der Waals surface area contributed by atoms with Crippen LogP contribution in [0.5, 0.6) is 0 Å². The lowest BCUT2D eigenvalue weighted by molar-refractivity contribution is 0.178. The average molecular weight is 233 g/mol. The summed E-state index contributed by atoms with van der Waals surface area (Å²) in [5.74, 6) is -0.768. The maximum absolute atomic E-state index is 13.3. The largest absolute Gasteiger partial charge is 0.387 e. The standard InChI is InChI=1S/C9H12FNO3S/c1-15(13,14)8-4-2-3-6(10)9(8)7(12)5-11/h2-4,7,12H,5,11H2,1H3. The van der Waals surface area contributed by atoms with Crippen molar-refractivity contribution in [3.63, 3.8) is 0 Å². The molecule has 4 nitrogen and oxygen atoms in total. The number of benzene rings is 1. The van der Waals surface area contributed by atoms with Crippen molar-refractivity contribution in [3.8, 4) is 0 Å². The highest BCUT2D eigenvalue weighted by Gasteiger charge is 2.21. The van der Waals surface area contributed by atoms with Gasteiger partial charge in [-0.2, -0.15) is 0 Å². The first kappa shape index (κ1) is 12.1. The summed E-state index contributed by atoms with van der Waals surface area (Å²) in [5, 5.41) is 9.42. The van der Waals surface area contributed by atoms with Gasteiger partial charge < -0.3 is 10.8 Å². The second kappa shape index (κ2) is 4.26. The topological polar surface area (TPSA) is 80.4 Å². The molecule has 1 unspecified atom stereocenters.